The molecule has 0 heterocycles. The Kier molecular flexibility index (Phi) is 5.78. The smallest absolute Gasteiger partial charge is 0.273 e. The number of rotatable bonds is 7. The first kappa shape index (κ1) is 17.5. The zero-order chi connectivity index (χ0) is 16.2. The van der Waals surface area contributed by atoms with Crippen LogP contribution in [0, 0.1) is 17.0 Å². The third-order valence-corrected chi connectivity index (χ3v) is 4.66. The topological polar surface area (TPSA) is 108 Å². The maximum Gasteiger partial charge on any atom is 0.273 e. The highest BCUT2D eigenvalue weighted by atomic mass is 32.2. The van der Waals surface area contributed by atoms with E-state index in [0.717, 1.165) is 0 Å². The third kappa shape index (κ3) is 3.97. The summed E-state index contributed by atoms with van der Waals surface area (Å²) in [5.41, 5.74) is -0.172. The van der Waals surface area contributed by atoms with Crippen molar-refractivity contribution in [1.29, 1.82) is 0 Å². The minimum absolute atomic E-state index is 0.0774. The molecule has 0 saturated carbocycles. The van der Waals surface area contributed by atoms with E-state index in [0.29, 0.717) is 0 Å². The quantitative estimate of drug-likeness (QED) is 0.459. The van der Waals surface area contributed by atoms with Crippen molar-refractivity contribution in [3.05, 3.63) is 33.9 Å². The fraction of sp³-hybridized carbons (Fsp3) is 0.500. The van der Waals surface area contributed by atoms with Crippen LogP contribution in [0.1, 0.15) is 12.5 Å². The molecule has 0 aliphatic carbocycles. The molecule has 1 N–H and O–H groups in total. The Morgan fingerprint density at radius 3 is 2.33 bits per heavy atom. The Morgan fingerprint density at radius 1 is 1.29 bits per heavy atom. The Balaban J connectivity index is 3.15. The van der Waals surface area contributed by atoms with Gasteiger partial charge in [-0.25, -0.2) is 13.1 Å². The van der Waals surface area contributed by atoms with Crippen LogP contribution < -0.4 is 4.72 Å². The molecule has 1 rings (SSSR count). The lowest BCUT2D eigenvalue weighted by Crippen LogP contribution is -2.43. The third-order valence-electron chi connectivity index (χ3n) is 2.96. The lowest BCUT2D eigenvalue weighted by Gasteiger charge is -2.22. The van der Waals surface area contributed by atoms with Crippen LogP contribution in [0.5, 0.6) is 0 Å². The number of benzene rings is 1. The van der Waals surface area contributed by atoms with Crippen LogP contribution in [0.4, 0.5) is 5.69 Å². The van der Waals surface area contributed by atoms with Crippen LogP contribution in [-0.4, -0.2) is 39.9 Å². The predicted octanol–water partition coefficient (Wildman–Crippen LogP) is 1.19. The summed E-state index contributed by atoms with van der Waals surface area (Å²) in [5.74, 6) is 0. The molecule has 0 amide bonds. The number of nitrogens with zero attached hydrogens (tertiary/aromatic N) is 1. The second-order valence-corrected chi connectivity index (χ2v) is 6.09. The summed E-state index contributed by atoms with van der Waals surface area (Å²) >= 11 is 0. The van der Waals surface area contributed by atoms with E-state index < -0.39 is 27.3 Å². The molecule has 9 heteroatoms. The molecule has 0 fully saturated rings. The molecule has 21 heavy (non-hydrogen) atoms. The molecule has 0 aliphatic heterocycles. The Labute approximate surface area is 123 Å². The van der Waals surface area contributed by atoms with Crippen molar-refractivity contribution in [2.45, 2.75) is 31.1 Å². The van der Waals surface area contributed by atoms with Gasteiger partial charge in [-0.2, -0.15) is 0 Å². The zero-order valence-corrected chi connectivity index (χ0v) is 13.0. The van der Waals surface area contributed by atoms with Crippen molar-refractivity contribution in [1.82, 2.24) is 4.72 Å². The molecule has 1 unspecified atom stereocenters. The Hall–Kier alpha value is -1.55. The van der Waals surface area contributed by atoms with E-state index in [-0.39, 0.29) is 16.1 Å². The number of ether oxygens (including phenoxy) is 2. The molecule has 1 aromatic carbocycles. The van der Waals surface area contributed by atoms with Crippen LogP contribution in [0.25, 0.3) is 0 Å². The molecule has 0 aromatic heterocycles. The fourth-order valence-corrected chi connectivity index (χ4v) is 3.45. The second-order valence-electron chi connectivity index (χ2n) is 4.41. The van der Waals surface area contributed by atoms with E-state index in [1.807, 2.05) is 0 Å². The van der Waals surface area contributed by atoms with Crippen LogP contribution in [0.15, 0.2) is 23.1 Å². The van der Waals surface area contributed by atoms with Gasteiger partial charge >= 0.3 is 0 Å². The molecule has 0 radical (unpaired) electrons. The van der Waals surface area contributed by atoms with Gasteiger partial charge in [0.05, 0.1) is 15.9 Å². The maximum atomic E-state index is 12.3. The molecular formula is C12H18N2O6S. The average molecular weight is 318 g/mol. The normalized spacial score (nSPS) is 13.4. The van der Waals surface area contributed by atoms with E-state index in [1.54, 1.807) is 6.92 Å². The molecule has 0 saturated heterocycles. The van der Waals surface area contributed by atoms with Crippen molar-refractivity contribution in [2.75, 3.05) is 14.2 Å². The fourth-order valence-electron chi connectivity index (χ4n) is 1.96. The van der Waals surface area contributed by atoms with Gasteiger partial charge in [0.25, 0.3) is 5.69 Å². The van der Waals surface area contributed by atoms with E-state index >= 15 is 0 Å². The van der Waals surface area contributed by atoms with Crippen molar-refractivity contribution >= 4 is 15.7 Å². The molecule has 0 spiro atoms. The number of hydrogen-bond acceptors (Lipinski definition) is 6. The highest BCUT2D eigenvalue weighted by molar-refractivity contribution is 7.89. The molecule has 1 atom stereocenters. The second kappa shape index (κ2) is 6.94. The summed E-state index contributed by atoms with van der Waals surface area (Å²) in [4.78, 5) is 10.1. The van der Waals surface area contributed by atoms with Crippen LogP contribution in [-0.2, 0) is 19.5 Å². The molecule has 8 nitrogen and oxygen atoms in total. The maximum absolute atomic E-state index is 12.3. The molecule has 0 bridgehead atoms. The Bertz CT molecular complexity index is 612. The molecule has 118 valence electrons. The molecular weight excluding hydrogens is 300 g/mol. The highest BCUT2D eigenvalue weighted by Gasteiger charge is 2.27. The van der Waals surface area contributed by atoms with Gasteiger partial charge in [0.1, 0.15) is 0 Å². The van der Waals surface area contributed by atoms with Crippen molar-refractivity contribution < 1.29 is 22.8 Å². The first-order chi connectivity index (χ1) is 9.74. The summed E-state index contributed by atoms with van der Waals surface area (Å²) < 4.78 is 37.0. The number of nitrogens with one attached hydrogen (secondary N) is 1. The van der Waals surface area contributed by atoms with Gasteiger partial charge in [0, 0.05) is 25.8 Å². The van der Waals surface area contributed by atoms with Crippen molar-refractivity contribution in [3.63, 3.8) is 0 Å². The number of hydrogen-bond donors (Lipinski definition) is 1. The van der Waals surface area contributed by atoms with E-state index in [4.69, 9.17) is 9.47 Å². The van der Waals surface area contributed by atoms with Gasteiger partial charge in [0.15, 0.2) is 6.29 Å². The van der Waals surface area contributed by atoms with Crippen molar-refractivity contribution in [3.8, 4) is 0 Å². The van der Waals surface area contributed by atoms with Gasteiger partial charge in [-0.15, -0.1) is 0 Å². The first-order valence-corrected chi connectivity index (χ1v) is 7.54. The van der Waals surface area contributed by atoms with Gasteiger partial charge in [-0.3, -0.25) is 10.1 Å². The van der Waals surface area contributed by atoms with Crippen LogP contribution in [0.3, 0.4) is 0 Å². The number of sulfonamides is 1. The lowest BCUT2D eigenvalue weighted by atomic mass is 10.2. The summed E-state index contributed by atoms with van der Waals surface area (Å²) in [6.07, 6.45) is -0.765. The zero-order valence-electron chi connectivity index (χ0n) is 12.2. The van der Waals surface area contributed by atoms with Crippen LogP contribution in [0.2, 0.25) is 0 Å². The minimum Gasteiger partial charge on any atom is -0.354 e. The van der Waals surface area contributed by atoms with Gasteiger partial charge < -0.3 is 9.47 Å². The minimum atomic E-state index is -3.93. The van der Waals surface area contributed by atoms with Crippen molar-refractivity contribution in [2.24, 2.45) is 0 Å². The van der Waals surface area contributed by atoms with Gasteiger partial charge in [0.2, 0.25) is 10.0 Å². The predicted molar refractivity (Wildman–Crippen MR) is 75.4 cm³/mol. The van der Waals surface area contributed by atoms with E-state index in [9.17, 15) is 18.5 Å². The lowest BCUT2D eigenvalue weighted by molar-refractivity contribution is -0.385. The number of nitro groups is 1. The van der Waals surface area contributed by atoms with Crippen LogP contribution >= 0.6 is 0 Å². The molecule has 0 aliphatic rings. The number of methoxy groups -OCH3 is 2. The summed E-state index contributed by atoms with van der Waals surface area (Å²) in [6.45, 7) is 2.96. The van der Waals surface area contributed by atoms with Gasteiger partial charge in [-0.05, 0) is 19.9 Å². The summed E-state index contributed by atoms with van der Waals surface area (Å²) in [5, 5.41) is 10.9. The van der Waals surface area contributed by atoms with E-state index in [2.05, 4.69) is 4.72 Å². The summed E-state index contributed by atoms with van der Waals surface area (Å²) in [6, 6.07) is 3.23. The largest absolute Gasteiger partial charge is 0.354 e. The number of nitro benzene ring substituents is 1. The highest BCUT2D eigenvalue weighted by Crippen LogP contribution is 2.24. The monoisotopic (exact) mass is 318 g/mol. The average Bonchev–Trinajstić information content (AvgIpc) is 2.39. The molecule has 1 aromatic rings. The van der Waals surface area contributed by atoms with E-state index in [1.165, 1.54) is 39.3 Å². The SMILES string of the molecule is COC(OC)C(C)NS(=O)(=O)c1cccc([N+](=O)[O-])c1C. The summed E-state index contributed by atoms with van der Waals surface area (Å²) in [7, 11) is -1.15. The standard InChI is InChI=1S/C12H18N2O6S/c1-8-10(14(15)16)6-5-7-11(8)21(17,18)13-9(2)12(19-3)20-4/h5-7,9,12-13H,1-4H3. The first-order valence-electron chi connectivity index (χ1n) is 6.06. The van der Waals surface area contributed by atoms with Gasteiger partial charge in [-0.1, -0.05) is 6.07 Å². The Morgan fingerprint density at radius 2 is 1.86 bits per heavy atom.